The molecule has 0 aliphatic carbocycles. The van der Waals surface area contributed by atoms with E-state index in [0.29, 0.717) is 19.4 Å². The van der Waals surface area contributed by atoms with Gasteiger partial charge in [-0.1, -0.05) is 0 Å². The molecule has 0 aromatic heterocycles. The lowest BCUT2D eigenvalue weighted by molar-refractivity contribution is -0.141. The first kappa shape index (κ1) is 11.8. The normalized spacial score (nSPS) is 21.0. The number of carbonyl (C=O) groups is 2. The number of hydrogen-bond donors (Lipinski definition) is 1. The average molecular weight is 215 g/mol. The van der Waals surface area contributed by atoms with Crippen LogP contribution in [0.4, 0.5) is 4.79 Å². The molecule has 15 heavy (non-hydrogen) atoms. The van der Waals surface area contributed by atoms with Gasteiger partial charge in [0, 0.05) is 6.42 Å². The van der Waals surface area contributed by atoms with Crippen molar-refractivity contribution in [3.8, 4) is 0 Å². The van der Waals surface area contributed by atoms with Gasteiger partial charge in [0.15, 0.2) is 0 Å². The summed E-state index contributed by atoms with van der Waals surface area (Å²) in [6, 6.07) is 0. The molecule has 0 saturated carbocycles. The van der Waals surface area contributed by atoms with Crippen molar-refractivity contribution in [2.45, 2.75) is 45.3 Å². The molecule has 1 atom stereocenters. The molecule has 1 heterocycles. The maximum atomic E-state index is 11.2. The Morgan fingerprint density at radius 3 is 2.73 bits per heavy atom. The first-order valence-electron chi connectivity index (χ1n) is 5.03. The van der Waals surface area contributed by atoms with E-state index in [1.165, 1.54) is 0 Å². The van der Waals surface area contributed by atoms with Crippen LogP contribution in [-0.4, -0.2) is 30.3 Å². The average Bonchev–Trinajstić information content (AvgIpc) is 2.45. The lowest BCUT2D eigenvalue weighted by Gasteiger charge is -2.20. The van der Waals surface area contributed by atoms with Crippen LogP contribution in [0.5, 0.6) is 0 Å². The van der Waals surface area contributed by atoms with Crippen LogP contribution in [0, 0.1) is 0 Å². The van der Waals surface area contributed by atoms with Gasteiger partial charge in [0.2, 0.25) is 0 Å². The van der Waals surface area contributed by atoms with Crippen molar-refractivity contribution in [3.05, 3.63) is 0 Å². The number of rotatable bonds is 2. The van der Waals surface area contributed by atoms with Gasteiger partial charge in [-0.25, -0.2) is 4.79 Å². The molecule has 0 bridgehead atoms. The van der Waals surface area contributed by atoms with Gasteiger partial charge in [0.05, 0.1) is 6.54 Å². The predicted molar refractivity (Wildman–Crippen MR) is 53.4 cm³/mol. The molecule has 86 valence electrons. The minimum Gasteiger partial charge on any atom is -0.460 e. The van der Waals surface area contributed by atoms with Gasteiger partial charge in [-0.05, 0) is 27.2 Å². The second kappa shape index (κ2) is 4.51. The number of esters is 1. The van der Waals surface area contributed by atoms with Crippen LogP contribution in [0.1, 0.15) is 33.6 Å². The number of nitrogens with one attached hydrogen (secondary N) is 1. The standard InChI is InChI=1S/C10H17NO4/c1-10(2,3)15-9(13)11-6-7-4-5-8(12)14-7/h7H,4-6H2,1-3H3,(H,11,13). The fourth-order valence-electron chi connectivity index (χ4n) is 1.24. The van der Waals surface area contributed by atoms with Gasteiger partial charge in [-0.3, -0.25) is 4.79 Å². The van der Waals surface area contributed by atoms with Crippen molar-refractivity contribution in [3.63, 3.8) is 0 Å². The Balaban J connectivity index is 2.20. The van der Waals surface area contributed by atoms with E-state index in [0.717, 1.165) is 0 Å². The molecular weight excluding hydrogens is 198 g/mol. The third-order valence-electron chi connectivity index (χ3n) is 1.84. The highest BCUT2D eigenvalue weighted by atomic mass is 16.6. The van der Waals surface area contributed by atoms with E-state index in [4.69, 9.17) is 9.47 Å². The van der Waals surface area contributed by atoms with E-state index < -0.39 is 11.7 Å². The van der Waals surface area contributed by atoms with E-state index in [2.05, 4.69) is 5.32 Å². The van der Waals surface area contributed by atoms with Crippen LogP contribution < -0.4 is 5.32 Å². The molecule has 0 aromatic rings. The molecule has 1 saturated heterocycles. The summed E-state index contributed by atoms with van der Waals surface area (Å²) < 4.78 is 9.97. The molecule has 1 aliphatic heterocycles. The Morgan fingerprint density at radius 1 is 1.60 bits per heavy atom. The molecule has 1 amide bonds. The summed E-state index contributed by atoms with van der Waals surface area (Å²) in [5.41, 5.74) is -0.504. The molecule has 5 heteroatoms. The number of hydrogen-bond acceptors (Lipinski definition) is 4. The summed E-state index contributed by atoms with van der Waals surface area (Å²) in [7, 11) is 0. The Labute approximate surface area is 89.1 Å². The second-order valence-electron chi connectivity index (χ2n) is 4.53. The van der Waals surface area contributed by atoms with E-state index in [9.17, 15) is 9.59 Å². The second-order valence-corrected chi connectivity index (χ2v) is 4.53. The van der Waals surface area contributed by atoms with Crippen molar-refractivity contribution in [1.29, 1.82) is 0 Å². The number of alkyl carbamates (subject to hydrolysis) is 1. The highest BCUT2D eigenvalue weighted by Crippen LogP contribution is 2.13. The van der Waals surface area contributed by atoms with Crippen LogP contribution in [0.15, 0.2) is 0 Å². The van der Waals surface area contributed by atoms with Crippen LogP contribution >= 0.6 is 0 Å². The van der Waals surface area contributed by atoms with Crippen molar-refractivity contribution in [2.24, 2.45) is 0 Å². The Morgan fingerprint density at radius 2 is 2.27 bits per heavy atom. The van der Waals surface area contributed by atoms with Crippen LogP contribution in [0.3, 0.4) is 0 Å². The largest absolute Gasteiger partial charge is 0.460 e. The molecule has 1 rings (SSSR count). The van der Waals surface area contributed by atoms with Crippen molar-refractivity contribution in [2.75, 3.05) is 6.54 Å². The van der Waals surface area contributed by atoms with Crippen LogP contribution in [-0.2, 0) is 14.3 Å². The first-order chi connectivity index (χ1) is 6.87. The number of amides is 1. The molecule has 1 aliphatic rings. The molecule has 0 radical (unpaired) electrons. The monoisotopic (exact) mass is 215 g/mol. The molecule has 1 unspecified atom stereocenters. The molecule has 1 N–H and O–H groups in total. The van der Waals surface area contributed by atoms with Gasteiger partial charge in [-0.2, -0.15) is 0 Å². The number of carbonyl (C=O) groups excluding carboxylic acids is 2. The zero-order valence-electron chi connectivity index (χ0n) is 9.33. The summed E-state index contributed by atoms with van der Waals surface area (Å²) in [6.45, 7) is 5.70. The highest BCUT2D eigenvalue weighted by Gasteiger charge is 2.24. The summed E-state index contributed by atoms with van der Waals surface area (Å²) in [5.74, 6) is -0.203. The Kier molecular flexibility index (Phi) is 3.55. The minimum absolute atomic E-state index is 0.203. The summed E-state index contributed by atoms with van der Waals surface area (Å²) in [6.07, 6.45) is 0.408. The van der Waals surface area contributed by atoms with E-state index in [1.807, 2.05) is 0 Å². The third-order valence-corrected chi connectivity index (χ3v) is 1.84. The van der Waals surface area contributed by atoms with Gasteiger partial charge in [0.1, 0.15) is 11.7 Å². The summed E-state index contributed by atoms with van der Waals surface area (Å²) in [4.78, 5) is 22.0. The van der Waals surface area contributed by atoms with Gasteiger partial charge < -0.3 is 14.8 Å². The smallest absolute Gasteiger partial charge is 0.407 e. The van der Waals surface area contributed by atoms with Gasteiger partial charge in [-0.15, -0.1) is 0 Å². The Bertz CT molecular complexity index is 257. The topological polar surface area (TPSA) is 64.6 Å². The first-order valence-corrected chi connectivity index (χ1v) is 5.03. The van der Waals surface area contributed by atoms with E-state index >= 15 is 0 Å². The summed E-state index contributed by atoms with van der Waals surface area (Å²) in [5, 5.41) is 2.56. The predicted octanol–water partition coefficient (Wildman–Crippen LogP) is 1.22. The summed E-state index contributed by atoms with van der Waals surface area (Å²) >= 11 is 0. The maximum Gasteiger partial charge on any atom is 0.407 e. The van der Waals surface area contributed by atoms with Gasteiger partial charge in [0.25, 0.3) is 0 Å². The van der Waals surface area contributed by atoms with E-state index in [1.54, 1.807) is 20.8 Å². The molecule has 1 fully saturated rings. The van der Waals surface area contributed by atoms with Crippen LogP contribution in [0.2, 0.25) is 0 Å². The zero-order chi connectivity index (χ0) is 11.5. The fourth-order valence-corrected chi connectivity index (χ4v) is 1.24. The lowest BCUT2D eigenvalue weighted by atomic mass is 10.2. The van der Waals surface area contributed by atoms with Crippen LogP contribution in [0.25, 0.3) is 0 Å². The SMILES string of the molecule is CC(C)(C)OC(=O)NCC1CCC(=O)O1. The minimum atomic E-state index is -0.504. The zero-order valence-corrected chi connectivity index (χ0v) is 9.33. The fraction of sp³-hybridized carbons (Fsp3) is 0.800. The van der Waals surface area contributed by atoms with Crippen molar-refractivity contribution in [1.82, 2.24) is 5.32 Å². The third kappa shape index (κ3) is 4.67. The maximum absolute atomic E-state index is 11.2. The van der Waals surface area contributed by atoms with Crippen molar-refractivity contribution >= 4 is 12.1 Å². The van der Waals surface area contributed by atoms with Gasteiger partial charge >= 0.3 is 12.1 Å². The van der Waals surface area contributed by atoms with E-state index in [-0.39, 0.29) is 12.1 Å². The molecule has 0 aromatic carbocycles. The molecule has 5 nitrogen and oxygen atoms in total. The number of cyclic esters (lactones) is 1. The molecular formula is C10H17NO4. The Hall–Kier alpha value is -1.26. The highest BCUT2D eigenvalue weighted by molar-refractivity contribution is 5.72. The number of ether oxygens (including phenoxy) is 2. The quantitative estimate of drug-likeness (QED) is 0.703. The molecule has 0 spiro atoms. The lowest BCUT2D eigenvalue weighted by Crippen LogP contribution is -2.36. The van der Waals surface area contributed by atoms with Crippen molar-refractivity contribution < 1.29 is 19.1 Å².